The largest absolute Gasteiger partial charge is 0.378 e. The first-order valence-corrected chi connectivity index (χ1v) is 8.62. The number of hydrogen-bond acceptors (Lipinski definition) is 3. The molecule has 0 saturated heterocycles. The second kappa shape index (κ2) is 8.45. The van der Waals surface area contributed by atoms with E-state index < -0.39 is 0 Å². The van der Waals surface area contributed by atoms with Crippen molar-refractivity contribution in [3.8, 4) is 0 Å². The first kappa shape index (κ1) is 17.2. The quantitative estimate of drug-likeness (QED) is 0.641. The van der Waals surface area contributed by atoms with Gasteiger partial charge in [0.05, 0.1) is 0 Å². The van der Waals surface area contributed by atoms with Crippen molar-refractivity contribution in [2.24, 2.45) is 0 Å². The number of anilines is 1. The lowest BCUT2D eigenvalue weighted by atomic mass is 10.1. The minimum absolute atomic E-state index is 0.910. The van der Waals surface area contributed by atoms with Gasteiger partial charge < -0.3 is 4.90 Å². The third kappa shape index (κ3) is 5.16. The summed E-state index contributed by atoms with van der Waals surface area (Å²) in [5.41, 5.74) is 5.18. The Bertz CT molecular complexity index is 711. The molecule has 128 valence electrons. The summed E-state index contributed by atoms with van der Waals surface area (Å²) in [5.74, 6) is 0. The number of rotatable bonds is 7. The Morgan fingerprint density at radius 1 is 0.640 bits per heavy atom. The Kier molecular flexibility index (Phi) is 5.81. The monoisotopic (exact) mass is 331 g/mol. The Hall–Kier alpha value is -2.65. The number of aromatic nitrogens is 1. The zero-order valence-electron chi connectivity index (χ0n) is 15.0. The molecule has 2 aromatic carbocycles. The van der Waals surface area contributed by atoms with Gasteiger partial charge in [0.2, 0.25) is 0 Å². The van der Waals surface area contributed by atoms with Crippen molar-refractivity contribution in [1.29, 1.82) is 0 Å². The Balaban J connectivity index is 1.75. The van der Waals surface area contributed by atoms with Crippen molar-refractivity contribution >= 4 is 5.69 Å². The minimum Gasteiger partial charge on any atom is -0.378 e. The Morgan fingerprint density at radius 3 is 1.72 bits per heavy atom. The van der Waals surface area contributed by atoms with Crippen molar-refractivity contribution in [2.45, 2.75) is 19.6 Å². The summed E-state index contributed by atoms with van der Waals surface area (Å²) in [6, 6.07) is 23.6. The number of pyridine rings is 1. The van der Waals surface area contributed by atoms with E-state index in [2.05, 4.69) is 95.6 Å². The molecule has 0 bridgehead atoms. The molecule has 3 aromatic rings. The molecule has 0 fully saturated rings. The normalized spacial score (nSPS) is 10.8. The smallest absolute Gasteiger partial charge is 0.0361 e. The summed E-state index contributed by atoms with van der Waals surface area (Å²) in [6.07, 6.45) is 3.73. The predicted octanol–water partition coefficient (Wildman–Crippen LogP) is 4.35. The van der Waals surface area contributed by atoms with Crippen LogP contribution in [-0.2, 0) is 19.6 Å². The lowest BCUT2D eigenvalue weighted by molar-refractivity contribution is 0.247. The summed E-state index contributed by atoms with van der Waals surface area (Å²) in [6.45, 7) is 2.76. The Labute approximate surface area is 150 Å². The van der Waals surface area contributed by atoms with Gasteiger partial charge in [-0.2, -0.15) is 0 Å². The molecule has 3 rings (SSSR count). The average molecular weight is 331 g/mol. The molecule has 0 spiro atoms. The molecule has 1 aromatic heterocycles. The van der Waals surface area contributed by atoms with Crippen LogP contribution in [0.25, 0.3) is 0 Å². The van der Waals surface area contributed by atoms with Crippen LogP contribution in [0.3, 0.4) is 0 Å². The molecule has 0 N–H and O–H groups in total. The number of nitrogens with zero attached hydrogens (tertiary/aromatic N) is 3. The highest BCUT2D eigenvalue weighted by molar-refractivity contribution is 5.46. The van der Waals surface area contributed by atoms with Gasteiger partial charge in [0, 0.05) is 51.8 Å². The molecule has 0 amide bonds. The maximum Gasteiger partial charge on any atom is 0.0361 e. The average Bonchev–Trinajstić information content (AvgIpc) is 2.64. The van der Waals surface area contributed by atoms with E-state index >= 15 is 0 Å². The van der Waals surface area contributed by atoms with Crippen LogP contribution in [0.2, 0.25) is 0 Å². The van der Waals surface area contributed by atoms with Crippen molar-refractivity contribution in [2.75, 3.05) is 19.0 Å². The molecule has 3 heteroatoms. The van der Waals surface area contributed by atoms with Crippen molar-refractivity contribution in [3.63, 3.8) is 0 Å². The summed E-state index contributed by atoms with van der Waals surface area (Å²) in [4.78, 5) is 8.72. The topological polar surface area (TPSA) is 19.4 Å². The number of hydrogen-bond donors (Lipinski definition) is 0. The fraction of sp³-hybridized carbons (Fsp3) is 0.227. The van der Waals surface area contributed by atoms with E-state index in [0.29, 0.717) is 0 Å². The zero-order chi connectivity index (χ0) is 17.5. The Morgan fingerprint density at radius 2 is 1.16 bits per heavy atom. The highest BCUT2D eigenvalue weighted by Crippen LogP contribution is 2.17. The minimum atomic E-state index is 0.910. The lowest BCUT2D eigenvalue weighted by Gasteiger charge is -2.23. The molecular weight excluding hydrogens is 306 g/mol. The van der Waals surface area contributed by atoms with Crippen molar-refractivity contribution in [1.82, 2.24) is 9.88 Å². The van der Waals surface area contributed by atoms with Gasteiger partial charge in [-0.05, 0) is 41.0 Å². The summed E-state index contributed by atoms with van der Waals surface area (Å²) >= 11 is 0. The van der Waals surface area contributed by atoms with Gasteiger partial charge in [-0.3, -0.25) is 9.88 Å². The van der Waals surface area contributed by atoms with Crippen LogP contribution in [0, 0.1) is 0 Å². The first-order chi connectivity index (χ1) is 12.2. The van der Waals surface area contributed by atoms with Crippen LogP contribution >= 0.6 is 0 Å². The lowest BCUT2D eigenvalue weighted by Crippen LogP contribution is -2.22. The van der Waals surface area contributed by atoms with Gasteiger partial charge >= 0.3 is 0 Å². The molecule has 0 saturated carbocycles. The molecule has 25 heavy (non-hydrogen) atoms. The van der Waals surface area contributed by atoms with E-state index in [0.717, 1.165) is 19.6 Å². The summed E-state index contributed by atoms with van der Waals surface area (Å²) < 4.78 is 0. The molecule has 0 aliphatic heterocycles. The van der Waals surface area contributed by atoms with Crippen LogP contribution in [0.4, 0.5) is 5.69 Å². The van der Waals surface area contributed by atoms with Crippen LogP contribution in [-0.4, -0.2) is 24.0 Å². The van der Waals surface area contributed by atoms with Gasteiger partial charge in [-0.15, -0.1) is 0 Å². The molecule has 0 radical (unpaired) electrons. The number of benzene rings is 2. The van der Waals surface area contributed by atoms with E-state index in [1.807, 2.05) is 12.4 Å². The van der Waals surface area contributed by atoms with E-state index in [1.54, 1.807) is 0 Å². The van der Waals surface area contributed by atoms with Gasteiger partial charge in [0.1, 0.15) is 0 Å². The van der Waals surface area contributed by atoms with Crippen LogP contribution in [0.5, 0.6) is 0 Å². The molecule has 0 unspecified atom stereocenters. The van der Waals surface area contributed by atoms with Crippen molar-refractivity contribution < 1.29 is 0 Å². The highest BCUT2D eigenvalue weighted by Gasteiger charge is 2.09. The summed E-state index contributed by atoms with van der Waals surface area (Å²) in [7, 11) is 4.14. The van der Waals surface area contributed by atoms with Gasteiger partial charge in [0.25, 0.3) is 0 Å². The van der Waals surface area contributed by atoms with Crippen LogP contribution in [0.15, 0.2) is 79.1 Å². The zero-order valence-corrected chi connectivity index (χ0v) is 15.0. The SMILES string of the molecule is CN(C)c1ccc(CN(Cc2ccccc2)Cc2ccncc2)cc1. The second-order valence-corrected chi connectivity index (χ2v) is 6.55. The summed E-state index contributed by atoms with van der Waals surface area (Å²) in [5, 5.41) is 0. The third-order valence-electron chi connectivity index (χ3n) is 4.26. The van der Waals surface area contributed by atoms with Crippen molar-refractivity contribution in [3.05, 3.63) is 95.8 Å². The van der Waals surface area contributed by atoms with Gasteiger partial charge in [-0.1, -0.05) is 42.5 Å². The fourth-order valence-corrected chi connectivity index (χ4v) is 2.91. The molecular formula is C22H25N3. The third-order valence-corrected chi connectivity index (χ3v) is 4.26. The standard InChI is InChI=1S/C22H25N3/c1-24(2)22-10-8-20(9-11-22)17-25(16-19-6-4-3-5-7-19)18-21-12-14-23-15-13-21/h3-15H,16-18H2,1-2H3. The molecule has 3 nitrogen and oxygen atoms in total. The van der Waals surface area contributed by atoms with E-state index in [-0.39, 0.29) is 0 Å². The van der Waals surface area contributed by atoms with Crippen LogP contribution in [0.1, 0.15) is 16.7 Å². The van der Waals surface area contributed by atoms with Gasteiger partial charge in [-0.25, -0.2) is 0 Å². The van der Waals surface area contributed by atoms with E-state index in [4.69, 9.17) is 0 Å². The highest BCUT2D eigenvalue weighted by atomic mass is 15.1. The fourth-order valence-electron chi connectivity index (χ4n) is 2.91. The molecule has 0 aliphatic rings. The maximum absolute atomic E-state index is 4.12. The predicted molar refractivity (Wildman–Crippen MR) is 104 cm³/mol. The first-order valence-electron chi connectivity index (χ1n) is 8.62. The maximum atomic E-state index is 4.12. The second-order valence-electron chi connectivity index (χ2n) is 6.55. The molecule has 0 atom stereocenters. The van der Waals surface area contributed by atoms with E-state index in [9.17, 15) is 0 Å². The molecule has 1 heterocycles. The van der Waals surface area contributed by atoms with Gasteiger partial charge in [0.15, 0.2) is 0 Å². The molecule has 0 aliphatic carbocycles. The van der Waals surface area contributed by atoms with E-state index in [1.165, 1.54) is 22.4 Å². The van der Waals surface area contributed by atoms with Crippen LogP contribution < -0.4 is 4.90 Å².